The lowest BCUT2D eigenvalue weighted by Crippen LogP contribution is -2.20. The first kappa shape index (κ1) is 17.9. The van der Waals surface area contributed by atoms with Gasteiger partial charge in [-0.2, -0.15) is 0 Å². The molecule has 1 aromatic rings. The van der Waals surface area contributed by atoms with E-state index in [0.717, 1.165) is 25.1 Å². The fraction of sp³-hybridized carbons (Fsp3) is 0.600. The third-order valence-corrected chi connectivity index (χ3v) is 4.48. The van der Waals surface area contributed by atoms with Gasteiger partial charge in [-0.05, 0) is 44.0 Å². The molecule has 2 N–H and O–H groups in total. The van der Waals surface area contributed by atoms with Crippen molar-refractivity contribution in [2.45, 2.75) is 26.2 Å². The highest BCUT2D eigenvalue weighted by molar-refractivity contribution is 7.92. The van der Waals surface area contributed by atoms with Crippen LogP contribution in [0.4, 0.5) is 5.69 Å². The number of nitrogens with one attached hydrogen (secondary N) is 2. The van der Waals surface area contributed by atoms with Crippen LogP contribution < -0.4 is 10.0 Å². The number of sulfonamides is 1. The van der Waals surface area contributed by atoms with Gasteiger partial charge in [0, 0.05) is 7.11 Å². The highest BCUT2D eigenvalue weighted by Crippen LogP contribution is 2.17. The predicted molar refractivity (Wildman–Crippen MR) is 87.2 cm³/mol. The maximum Gasteiger partial charge on any atom is 0.232 e. The van der Waals surface area contributed by atoms with Crippen LogP contribution in [0.1, 0.15) is 25.3 Å². The molecular weight excluding hydrogens is 288 g/mol. The molecule has 21 heavy (non-hydrogen) atoms. The van der Waals surface area contributed by atoms with E-state index in [1.54, 1.807) is 13.2 Å². The molecule has 5 nitrogen and oxygen atoms in total. The van der Waals surface area contributed by atoms with E-state index >= 15 is 0 Å². The topological polar surface area (TPSA) is 67.4 Å². The van der Waals surface area contributed by atoms with Crippen LogP contribution >= 0.6 is 0 Å². The standard InChI is InChI=1S/C15H26N2O3S/c1-3-16-11-6-7-13-21(18,19)17-15-9-5-4-8-14(15)10-12-20-2/h4-5,8-9,16-17H,3,6-7,10-13H2,1-2H3. The first-order valence-electron chi connectivity index (χ1n) is 7.37. The molecule has 0 amide bonds. The molecule has 0 atom stereocenters. The molecule has 0 unspecified atom stereocenters. The number of benzene rings is 1. The van der Waals surface area contributed by atoms with E-state index < -0.39 is 10.0 Å². The number of ether oxygens (including phenoxy) is 1. The molecule has 6 heteroatoms. The van der Waals surface area contributed by atoms with Crippen LogP contribution in [-0.4, -0.2) is 41.0 Å². The Morgan fingerprint density at radius 1 is 1.19 bits per heavy atom. The number of hydrogen-bond acceptors (Lipinski definition) is 4. The smallest absolute Gasteiger partial charge is 0.232 e. The summed E-state index contributed by atoms with van der Waals surface area (Å²) in [5, 5.41) is 3.19. The monoisotopic (exact) mass is 314 g/mol. The fourth-order valence-electron chi connectivity index (χ4n) is 1.99. The molecule has 0 radical (unpaired) electrons. The van der Waals surface area contributed by atoms with Crippen molar-refractivity contribution in [2.24, 2.45) is 0 Å². The second-order valence-corrected chi connectivity index (χ2v) is 6.72. The Balaban J connectivity index is 2.54. The summed E-state index contributed by atoms with van der Waals surface area (Å²) in [5.74, 6) is 0.150. The molecule has 0 aliphatic carbocycles. The van der Waals surface area contributed by atoms with Crippen LogP contribution in [0.25, 0.3) is 0 Å². The van der Waals surface area contributed by atoms with E-state index in [0.29, 0.717) is 25.1 Å². The normalized spacial score (nSPS) is 11.5. The van der Waals surface area contributed by atoms with Gasteiger partial charge in [0.05, 0.1) is 18.0 Å². The van der Waals surface area contributed by atoms with Crippen molar-refractivity contribution in [3.8, 4) is 0 Å². The van der Waals surface area contributed by atoms with E-state index in [1.165, 1.54) is 0 Å². The molecule has 1 aromatic carbocycles. The molecule has 1 rings (SSSR count). The Hall–Kier alpha value is -1.11. The summed E-state index contributed by atoms with van der Waals surface area (Å²) in [7, 11) is -1.65. The third kappa shape index (κ3) is 7.45. The molecule has 0 aliphatic heterocycles. The Morgan fingerprint density at radius 2 is 1.95 bits per heavy atom. The minimum absolute atomic E-state index is 0.150. The summed E-state index contributed by atoms with van der Waals surface area (Å²) in [6, 6.07) is 7.45. The van der Waals surface area contributed by atoms with Gasteiger partial charge in [-0.15, -0.1) is 0 Å². The van der Waals surface area contributed by atoms with Crippen molar-refractivity contribution in [1.82, 2.24) is 5.32 Å². The van der Waals surface area contributed by atoms with Crippen molar-refractivity contribution in [3.05, 3.63) is 29.8 Å². The van der Waals surface area contributed by atoms with Gasteiger partial charge in [0.15, 0.2) is 0 Å². The first-order valence-corrected chi connectivity index (χ1v) is 9.02. The summed E-state index contributed by atoms with van der Waals surface area (Å²) in [5.41, 5.74) is 1.61. The highest BCUT2D eigenvalue weighted by atomic mass is 32.2. The number of unbranched alkanes of at least 4 members (excludes halogenated alkanes) is 1. The average molecular weight is 314 g/mol. The number of rotatable bonds is 11. The van der Waals surface area contributed by atoms with Crippen molar-refractivity contribution in [2.75, 3.05) is 37.3 Å². The van der Waals surface area contributed by atoms with Gasteiger partial charge < -0.3 is 10.1 Å². The van der Waals surface area contributed by atoms with Crippen LogP contribution in [0, 0.1) is 0 Å². The average Bonchev–Trinajstić information content (AvgIpc) is 2.46. The van der Waals surface area contributed by atoms with Crippen LogP contribution in [-0.2, 0) is 21.2 Å². The van der Waals surface area contributed by atoms with Crippen molar-refractivity contribution >= 4 is 15.7 Å². The van der Waals surface area contributed by atoms with E-state index in [1.807, 2.05) is 25.1 Å². The summed E-state index contributed by atoms with van der Waals surface area (Å²) >= 11 is 0. The van der Waals surface area contributed by atoms with Crippen molar-refractivity contribution < 1.29 is 13.2 Å². The zero-order valence-electron chi connectivity index (χ0n) is 12.9. The maximum atomic E-state index is 12.1. The lowest BCUT2D eigenvalue weighted by molar-refractivity contribution is 0.202. The second kappa shape index (κ2) is 9.76. The number of hydrogen-bond donors (Lipinski definition) is 2. The number of anilines is 1. The Morgan fingerprint density at radius 3 is 2.67 bits per heavy atom. The Labute approximate surface area is 128 Å². The van der Waals surface area contributed by atoms with Crippen LogP contribution in [0.2, 0.25) is 0 Å². The van der Waals surface area contributed by atoms with Gasteiger partial charge in [0.1, 0.15) is 0 Å². The number of methoxy groups -OCH3 is 1. The van der Waals surface area contributed by atoms with Crippen molar-refractivity contribution in [1.29, 1.82) is 0 Å². The fourth-order valence-corrected chi connectivity index (χ4v) is 3.21. The summed E-state index contributed by atoms with van der Waals surface area (Å²) in [4.78, 5) is 0. The maximum absolute atomic E-state index is 12.1. The molecule has 0 bridgehead atoms. The molecular formula is C15H26N2O3S. The second-order valence-electron chi connectivity index (χ2n) is 4.88. The molecule has 0 fully saturated rings. The first-order chi connectivity index (χ1) is 10.1. The predicted octanol–water partition coefficient (Wildman–Crippen LogP) is 2.01. The van der Waals surface area contributed by atoms with Crippen LogP contribution in [0.15, 0.2) is 24.3 Å². The van der Waals surface area contributed by atoms with Gasteiger partial charge in [-0.3, -0.25) is 4.72 Å². The minimum atomic E-state index is -3.29. The molecule has 0 heterocycles. The third-order valence-electron chi connectivity index (χ3n) is 3.12. The van der Waals surface area contributed by atoms with E-state index in [9.17, 15) is 8.42 Å². The molecule has 0 aliphatic rings. The lowest BCUT2D eigenvalue weighted by atomic mass is 10.1. The summed E-state index contributed by atoms with van der Waals surface area (Å²) in [6.07, 6.45) is 2.21. The van der Waals surface area contributed by atoms with Crippen molar-refractivity contribution in [3.63, 3.8) is 0 Å². The molecule has 0 saturated heterocycles. The SMILES string of the molecule is CCNCCCCS(=O)(=O)Nc1ccccc1CCOC. The largest absolute Gasteiger partial charge is 0.384 e. The van der Waals surface area contributed by atoms with E-state index in [2.05, 4.69) is 10.0 Å². The molecule has 120 valence electrons. The zero-order valence-corrected chi connectivity index (χ0v) is 13.7. The van der Waals surface area contributed by atoms with Gasteiger partial charge in [-0.25, -0.2) is 8.42 Å². The van der Waals surface area contributed by atoms with Gasteiger partial charge in [0.25, 0.3) is 0 Å². The van der Waals surface area contributed by atoms with E-state index in [4.69, 9.17) is 4.74 Å². The Bertz CT molecular complexity index is 503. The molecule has 0 aromatic heterocycles. The van der Waals surface area contributed by atoms with Gasteiger partial charge in [-0.1, -0.05) is 25.1 Å². The quantitative estimate of drug-likeness (QED) is 0.613. The summed E-state index contributed by atoms with van der Waals surface area (Å²) in [6.45, 7) is 4.38. The highest BCUT2D eigenvalue weighted by Gasteiger charge is 2.12. The molecule has 0 saturated carbocycles. The minimum Gasteiger partial charge on any atom is -0.384 e. The zero-order chi connectivity index (χ0) is 15.6. The van der Waals surface area contributed by atoms with Gasteiger partial charge in [0.2, 0.25) is 10.0 Å². The lowest BCUT2D eigenvalue weighted by Gasteiger charge is -2.12. The van der Waals surface area contributed by atoms with Crippen LogP contribution in [0.3, 0.4) is 0 Å². The Kier molecular flexibility index (Phi) is 8.34. The summed E-state index contributed by atoms with van der Waals surface area (Å²) < 4.78 is 31.9. The van der Waals surface area contributed by atoms with Gasteiger partial charge >= 0.3 is 0 Å². The van der Waals surface area contributed by atoms with E-state index in [-0.39, 0.29) is 5.75 Å². The van der Waals surface area contributed by atoms with Crippen LogP contribution in [0.5, 0.6) is 0 Å². The number of para-hydroxylation sites is 1. The molecule has 0 spiro atoms.